The van der Waals surface area contributed by atoms with Crippen LogP contribution >= 0.6 is 0 Å². The normalized spacial score (nSPS) is 13.7. The molecule has 1 aliphatic heterocycles. The highest BCUT2D eigenvalue weighted by atomic mass is 19.4. The summed E-state index contributed by atoms with van der Waals surface area (Å²) in [4.78, 5) is 26.6. The Bertz CT molecular complexity index is 1180. The summed E-state index contributed by atoms with van der Waals surface area (Å²) >= 11 is 0. The zero-order valence-corrected chi connectivity index (χ0v) is 18.2. The lowest BCUT2D eigenvalue weighted by atomic mass is 10.1. The SMILES string of the molecule is CC(C)C(=O)N1CCc2oc(-c3cccc(NC(=O)c4ccc(C(F)(F)F)cc4)c3)cc2C1. The third-order valence-corrected chi connectivity index (χ3v) is 5.55. The Morgan fingerprint density at radius 2 is 1.79 bits per heavy atom. The van der Waals surface area contributed by atoms with Gasteiger partial charge in [-0.3, -0.25) is 9.59 Å². The number of nitrogens with zero attached hydrogens (tertiary/aromatic N) is 1. The number of amides is 2. The second-order valence-corrected chi connectivity index (χ2v) is 8.33. The highest BCUT2D eigenvalue weighted by Crippen LogP contribution is 2.32. The molecule has 0 bridgehead atoms. The van der Waals surface area contributed by atoms with E-state index in [4.69, 9.17) is 4.42 Å². The van der Waals surface area contributed by atoms with E-state index >= 15 is 0 Å². The average Bonchev–Trinajstić information content (AvgIpc) is 3.21. The maximum Gasteiger partial charge on any atom is 0.416 e. The summed E-state index contributed by atoms with van der Waals surface area (Å²) in [6.45, 7) is 4.87. The van der Waals surface area contributed by atoms with Crippen molar-refractivity contribution < 1.29 is 27.2 Å². The molecule has 0 radical (unpaired) electrons. The molecule has 1 aliphatic rings. The minimum Gasteiger partial charge on any atom is -0.461 e. The largest absolute Gasteiger partial charge is 0.461 e. The van der Waals surface area contributed by atoms with Crippen molar-refractivity contribution in [3.05, 3.63) is 77.0 Å². The molecule has 5 nitrogen and oxygen atoms in total. The summed E-state index contributed by atoms with van der Waals surface area (Å²) in [7, 11) is 0. The minimum absolute atomic E-state index is 0.0668. The van der Waals surface area contributed by atoms with Crippen LogP contribution in [-0.2, 0) is 23.9 Å². The predicted octanol–water partition coefficient (Wildman–Crippen LogP) is 5.76. The third-order valence-electron chi connectivity index (χ3n) is 5.55. The van der Waals surface area contributed by atoms with Gasteiger partial charge in [0, 0.05) is 47.8 Å². The molecule has 8 heteroatoms. The van der Waals surface area contributed by atoms with Crippen molar-refractivity contribution in [3.8, 4) is 11.3 Å². The fourth-order valence-electron chi connectivity index (χ4n) is 3.79. The van der Waals surface area contributed by atoms with Gasteiger partial charge in [0.1, 0.15) is 11.5 Å². The van der Waals surface area contributed by atoms with Crippen molar-refractivity contribution >= 4 is 17.5 Å². The van der Waals surface area contributed by atoms with E-state index in [2.05, 4.69) is 5.32 Å². The van der Waals surface area contributed by atoms with E-state index in [9.17, 15) is 22.8 Å². The van der Waals surface area contributed by atoms with Crippen LogP contribution < -0.4 is 5.32 Å². The molecule has 33 heavy (non-hydrogen) atoms. The minimum atomic E-state index is -4.45. The van der Waals surface area contributed by atoms with Crippen molar-refractivity contribution in [3.63, 3.8) is 0 Å². The second kappa shape index (κ2) is 8.77. The van der Waals surface area contributed by atoms with E-state index < -0.39 is 17.6 Å². The first-order valence-corrected chi connectivity index (χ1v) is 10.6. The van der Waals surface area contributed by atoms with Crippen molar-refractivity contribution in [2.24, 2.45) is 5.92 Å². The summed E-state index contributed by atoms with van der Waals surface area (Å²) in [5.74, 6) is 1.00. The lowest BCUT2D eigenvalue weighted by molar-refractivity contribution is -0.137. The van der Waals surface area contributed by atoms with Crippen LogP contribution in [0.2, 0.25) is 0 Å². The van der Waals surface area contributed by atoms with Crippen molar-refractivity contribution in [1.29, 1.82) is 0 Å². The molecule has 0 saturated heterocycles. The molecule has 1 aromatic heterocycles. The molecular formula is C25H23F3N2O3. The van der Waals surface area contributed by atoms with Crippen LogP contribution in [0.25, 0.3) is 11.3 Å². The summed E-state index contributed by atoms with van der Waals surface area (Å²) in [6.07, 6.45) is -3.82. The number of anilines is 1. The predicted molar refractivity (Wildman–Crippen MR) is 118 cm³/mol. The molecule has 1 N–H and O–H groups in total. The number of rotatable bonds is 4. The molecule has 0 atom stereocenters. The average molecular weight is 456 g/mol. The summed E-state index contributed by atoms with van der Waals surface area (Å²) in [6, 6.07) is 13.0. The van der Waals surface area contributed by atoms with Gasteiger partial charge >= 0.3 is 6.18 Å². The maximum atomic E-state index is 12.7. The molecule has 0 fully saturated rings. The Morgan fingerprint density at radius 3 is 2.45 bits per heavy atom. The van der Waals surface area contributed by atoms with E-state index in [-0.39, 0.29) is 17.4 Å². The Kier molecular flexibility index (Phi) is 6.01. The molecule has 4 rings (SSSR count). The van der Waals surface area contributed by atoms with Crippen LogP contribution in [0.5, 0.6) is 0 Å². The van der Waals surface area contributed by atoms with Gasteiger partial charge in [-0.25, -0.2) is 0 Å². The van der Waals surface area contributed by atoms with Gasteiger partial charge in [-0.15, -0.1) is 0 Å². The standard InChI is InChI=1S/C25H23F3N2O3/c1-15(2)24(32)30-11-10-21-18(14-30)13-22(33-21)17-4-3-5-20(12-17)29-23(31)16-6-8-19(9-7-16)25(26,27)28/h3-9,12-13,15H,10-11,14H2,1-2H3,(H,29,31). The van der Waals surface area contributed by atoms with E-state index in [1.54, 1.807) is 18.2 Å². The van der Waals surface area contributed by atoms with Crippen LogP contribution in [0.1, 0.15) is 41.1 Å². The summed E-state index contributed by atoms with van der Waals surface area (Å²) in [5, 5.41) is 2.71. The first-order chi connectivity index (χ1) is 15.6. The molecule has 2 aromatic carbocycles. The molecule has 0 aliphatic carbocycles. The zero-order valence-electron chi connectivity index (χ0n) is 18.2. The Labute approximate surface area is 189 Å². The fraction of sp³-hybridized carbons (Fsp3) is 0.280. The van der Waals surface area contributed by atoms with Gasteiger partial charge in [0.25, 0.3) is 5.91 Å². The number of halogens is 3. The number of hydrogen-bond donors (Lipinski definition) is 1. The topological polar surface area (TPSA) is 62.6 Å². The number of alkyl halides is 3. The molecule has 3 aromatic rings. The molecule has 0 unspecified atom stereocenters. The van der Waals surface area contributed by atoms with Gasteiger partial charge in [-0.2, -0.15) is 13.2 Å². The lowest BCUT2D eigenvalue weighted by Crippen LogP contribution is -2.37. The molecule has 0 saturated carbocycles. The molecule has 2 heterocycles. The van der Waals surface area contributed by atoms with E-state index in [0.29, 0.717) is 31.0 Å². The van der Waals surface area contributed by atoms with Crippen LogP contribution in [0.4, 0.5) is 18.9 Å². The van der Waals surface area contributed by atoms with E-state index in [1.807, 2.05) is 30.9 Å². The first-order valence-electron chi connectivity index (χ1n) is 10.6. The Balaban J connectivity index is 1.49. The second-order valence-electron chi connectivity index (χ2n) is 8.33. The summed E-state index contributed by atoms with van der Waals surface area (Å²) in [5.41, 5.74) is 1.51. The third kappa shape index (κ3) is 4.94. The highest BCUT2D eigenvalue weighted by molar-refractivity contribution is 6.04. The number of nitrogens with one attached hydrogen (secondary N) is 1. The number of hydrogen-bond acceptors (Lipinski definition) is 3. The number of benzene rings is 2. The Hall–Kier alpha value is -3.55. The van der Waals surface area contributed by atoms with Crippen LogP contribution in [0.3, 0.4) is 0 Å². The van der Waals surface area contributed by atoms with Crippen molar-refractivity contribution in [2.75, 3.05) is 11.9 Å². The maximum absolute atomic E-state index is 12.7. The first kappa shape index (κ1) is 22.6. The number of furan rings is 1. The Morgan fingerprint density at radius 1 is 1.06 bits per heavy atom. The fourth-order valence-corrected chi connectivity index (χ4v) is 3.79. The number of fused-ring (bicyclic) bond motifs is 1. The monoisotopic (exact) mass is 456 g/mol. The van der Waals surface area contributed by atoms with E-state index in [0.717, 1.165) is 41.2 Å². The van der Waals surface area contributed by atoms with E-state index in [1.165, 1.54) is 0 Å². The molecular weight excluding hydrogens is 433 g/mol. The van der Waals surface area contributed by atoms with Crippen LogP contribution in [0.15, 0.2) is 59.0 Å². The van der Waals surface area contributed by atoms with Gasteiger partial charge in [0.2, 0.25) is 5.91 Å². The number of carbonyl (C=O) groups is 2. The van der Waals surface area contributed by atoms with Gasteiger partial charge < -0.3 is 14.6 Å². The van der Waals surface area contributed by atoms with Gasteiger partial charge in [0.05, 0.1) is 5.56 Å². The molecule has 172 valence electrons. The van der Waals surface area contributed by atoms with Gasteiger partial charge in [-0.05, 0) is 42.5 Å². The molecule has 0 spiro atoms. The highest BCUT2D eigenvalue weighted by Gasteiger charge is 2.30. The lowest BCUT2D eigenvalue weighted by Gasteiger charge is -2.27. The zero-order chi connectivity index (χ0) is 23.8. The van der Waals surface area contributed by atoms with Crippen LogP contribution in [0, 0.1) is 5.92 Å². The number of carbonyl (C=O) groups excluding carboxylic acids is 2. The van der Waals surface area contributed by atoms with Gasteiger partial charge in [-0.1, -0.05) is 26.0 Å². The smallest absolute Gasteiger partial charge is 0.416 e. The quantitative estimate of drug-likeness (QED) is 0.543. The van der Waals surface area contributed by atoms with Crippen LogP contribution in [-0.4, -0.2) is 23.3 Å². The van der Waals surface area contributed by atoms with Crippen molar-refractivity contribution in [1.82, 2.24) is 4.90 Å². The van der Waals surface area contributed by atoms with Crippen molar-refractivity contribution in [2.45, 2.75) is 33.0 Å². The molecule has 2 amide bonds. The summed E-state index contributed by atoms with van der Waals surface area (Å²) < 4.78 is 44.2. The van der Waals surface area contributed by atoms with Gasteiger partial charge in [0.15, 0.2) is 0 Å².